The molecule has 1 aliphatic heterocycles. The van der Waals surface area contributed by atoms with Crippen LogP contribution in [0.2, 0.25) is 0 Å². The van der Waals surface area contributed by atoms with Gasteiger partial charge < -0.3 is 10.1 Å². The zero-order chi connectivity index (χ0) is 14.8. The molecule has 1 unspecified atom stereocenters. The molecule has 0 aromatic heterocycles. The van der Waals surface area contributed by atoms with Crippen molar-refractivity contribution < 1.29 is 13.2 Å². The van der Waals surface area contributed by atoms with Crippen LogP contribution in [-0.4, -0.2) is 45.6 Å². The molecule has 1 atom stereocenters. The monoisotopic (exact) mass is 362 g/mol. The molecule has 0 spiro atoms. The second kappa shape index (κ2) is 6.53. The Morgan fingerprint density at radius 2 is 2.25 bits per heavy atom. The molecule has 1 aliphatic rings. The highest BCUT2D eigenvalue weighted by molar-refractivity contribution is 9.10. The number of halogens is 1. The first-order valence-electron chi connectivity index (χ1n) is 6.50. The van der Waals surface area contributed by atoms with Crippen LogP contribution in [0.25, 0.3) is 0 Å². The third-order valence-corrected chi connectivity index (χ3v) is 6.04. The average molecular weight is 363 g/mol. The summed E-state index contributed by atoms with van der Waals surface area (Å²) in [4.78, 5) is 0.312. The number of hydrogen-bond donors (Lipinski definition) is 1. The van der Waals surface area contributed by atoms with E-state index < -0.39 is 10.0 Å². The van der Waals surface area contributed by atoms with E-state index in [4.69, 9.17) is 4.74 Å². The van der Waals surface area contributed by atoms with Crippen molar-refractivity contribution in [3.8, 4) is 0 Å². The third kappa shape index (κ3) is 3.40. The smallest absolute Gasteiger partial charge is 0.244 e. The largest absolute Gasteiger partial charge is 0.376 e. The van der Waals surface area contributed by atoms with Gasteiger partial charge >= 0.3 is 0 Å². The van der Waals surface area contributed by atoms with Crippen molar-refractivity contribution in [2.45, 2.75) is 24.5 Å². The molecule has 0 aliphatic carbocycles. The van der Waals surface area contributed by atoms with Crippen LogP contribution >= 0.6 is 15.9 Å². The van der Waals surface area contributed by atoms with Gasteiger partial charge in [-0.1, -0.05) is 6.07 Å². The van der Waals surface area contributed by atoms with Gasteiger partial charge in [0.15, 0.2) is 0 Å². The standard InChI is InChI=1S/C13H19BrN2O3S/c1-10-9-16(5-6-19-10)20(17,18)13-4-3-11(8-15-2)7-12(13)14/h3-4,7,10,15H,5-6,8-9H2,1-2H3. The molecule has 1 fully saturated rings. The number of nitrogens with zero attached hydrogens (tertiary/aromatic N) is 1. The first-order valence-corrected chi connectivity index (χ1v) is 8.73. The van der Waals surface area contributed by atoms with E-state index in [1.54, 1.807) is 6.07 Å². The zero-order valence-electron chi connectivity index (χ0n) is 11.6. The Morgan fingerprint density at radius 3 is 2.85 bits per heavy atom. The van der Waals surface area contributed by atoms with Crippen molar-refractivity contribution >= 4 is 26.0 Å². The maximum atomic E-state index is 12.6. The van der Waals surface area contributed by atoms with E-state index in [1.807, 2.05) is 26.1 Å². The molecule has 112 valence electrons. The number of nitrogens with one attached hydrogen (secondary N) is 1. The van der Waals surface area contributed by atoms with Crippen LogP contribution < -0.4 is 5.32 Å². The summed E-state index contributed by atoms with van der Waals surface area (Å²) in [5.41, 5.74) is 1.04. The van der Waals surface area contributed by atoms with Gasteiger partial charge in [-0.3, -0.25) is 0 Å². The van der Waals surface area contributed by atoms with Crippen molar-refractivity contribution in [3.05, 3.63) is 28.2 Å². The fourth-order valence-corrected chi connectivity index (χ4v) is 4.80. The van der Waals surface area contributed by atoms with Crippen LogP contribution in [0.15, 0.2) is 27.6 Å². The quantitative estimate of drug-likeness (QED) is 0.883. The molecular formula is C13H19BrN2O3S. The Kier molecular flexibility index (Phi) is 5.19. The molecule has 1 saturated heterocycles. The first kappa shape index (κ1) is 15.9. The number of morpholine rings is 1. The maximum absolute atomic E-state index is 12.6. The van der Waals surface area contributed by atoms with Gasteiger partial charge in [-0.2, -0.15) is 4.31 Å². The summed E-state index contributed by atoms with van der Waals surface area (Å²) < 4.78 is 32.8. The lowest BCUT2D eigenvalue weighted by molar-refractivity contribution is 0.0102. The van der Waals surface area contributed by atoms with Crippen molar-refractivity contribution in [1.82, 2.24) is 9.62 Å². The van der Waals surface area contributed by atoms with Crippen LogP contribution in [-0.2, 0) is 21.3 Å². The molecular weight excluding hydrogens is 344 g/mol. The molecule has 0 bridgehead atoms. The van der Waals surface area contributed by atoms with Gasteiger partial charge in [-0.25, -0.2) is 8.42 Å². The SMILES string of the molecule is CNCc1ccc(S(=O)(=O)N2CCOC(C)C2)c(Br)c1. The van der Waals surface area contributed by atoms with Crippen LogP contribution in [0.3, 0.4) is 0 Å². The van der Waals surface area contributed by atoms with Gasteiger partial charge in [-0.05, 0) is 47.6 Å². The predicted molar refractivity (Wildman–Crippen MR) is 81.1 cm³/mol. The molecule has 0 radical (unpaired) electrons. The van der Waals surface area contributed by atoms with Gasteiger partial charge in [-0.15, -0.1) is 0 Å². The molecule has 2 rings (SSSR count). The first-order chi connectivity index (χ1) is 9.45. The van der Waals surface area contributed by atoms with E-state index in [-0.39, 0.29) is 6.10 Å². The van der Waals surface area contributed by atoms with E-state index in [9.17, 15) is 8.42 Å². The molecule has 7 heteroatoms. The Hall–Kier alpha value is -0.470. The van der Waals surface area contributed by atoms with Gasteiger partial charge in [0.1, 0.15) is 0 Å². The summed E-state index contributed by atoms with van der Waals surface area (Å²) in [7, 11) is -1.62. The van der Waals surface area contributed by atoms with Gasteiger partial charge in [0.2, 0.25) is 10.0 Å². The predicted octanol–water partition coefficient (Wildman–Crippen LogP) is 1.58. The molecule has 1 aromatic carbocycles. The Morgan fingerprint density at radius 1 is 1.50 bits per heavy atom. The van der Waals surface area contributed by atoms with E-state index in [0.29, 0.717) is 35.6 Å². The Balaban J connectivity index is 2.29. The number of rotatable bonds is 4. The third-order valence-electron chi connectivity index (χ3n) is 3.20. The van der Waals surface area contributed by atoms with E-state index >= 15 is 0 Å². The molecule has 1 heterocycles. The number of benzene rings is 1. The molecule has 20 heavy (non-hydrogen) atoms. The summed E-state index contributed by atoms with van der Waals surface area (Å²) in [5, 5.41) is 3.04. The number of ether oxygens (including phenoxy) is 1. The second-order valence-corrected chi connectivity index (χ2v) is 7.60. The highest BCUT2D eigenvalue weighted by Crippen LogP contribution is 2.27. The summed E-state index contributed by atoms with van der Waals surface area (Å²) in [5.74, 6) is 0. The molecule has 5 nitrogen and oxygen atoms in total. The minimum absolute atomic E-state index is 0.0686. The Labute approximate surface area is 128 Å². The van der Waals surface area contributed by atoms with E-state index in [2.05, 4.69) is 21.2 Å². The van der Waals surface area contributed by atoms with Crippen LogP contribution in [0.4, 0.5) is 0 Å². The van der Waals surface area contributed by atoms with Gasteiger partial charge in [0.05, 0.1) is 17.6 Å². The summed E-state index contributed by atoms with van der Waals surface area (Å²) >= 11 is 3.37. The number of sulfonamides is 1. The highest BCUT2D eigenvalue weighted by Gasteiger charge is 2.30. The van der Waals surface area contributed by atoms with Crippen molar-refractivity contribution in [2.24, 2.45) is 0 Å². The van der Waals surface area contributed by atoms with Gasteiger partial charge in [0, 0.05) is 24.1 Å². The van der Waals surface area contributed by atoms with Crippen molar-refractivity contribution in [1.29, 1.82) is 0 Å². The topological polar surface area (TPSA) is 58.6 Å². The maximum Gasteiger partial charge on any atom is 0.244 e. The Bertz CT molecular complexity index is 577. The second-order valence-electron chi connectivity index (χ2n) is 4.84. The average Bonchev–Trinajstić information content (AvgIpc) is 2.39. The number of hydrogen-bond acceptors (Lipinski definition) is 4. The molecule has 0 amide bonds. The normalized spacial score (nSPS) is 21.1. The van der Waals surface area contributed by atoms with E-state index in [0.717, 1.165) is 5.56 Å². The lowest BCUT2D eigenvalue weighted by atomic mass is 10.2. The molecule has 1 N–H and O–H groups in total. The fraction of sp³-hybridized carbons (Fsp3) is 0.538. The fourth-order valence-electron chi connectivity index (χ4n) is 2.21. The van der Waals surface area contributed by atoms with Crippen LogP contribution in [0.5, 0.6) is 0 Å². The zero-order valence-corrected chi connectivity index (χ0v) is 14.0. The summed E-state index contributed by atoms with van der Waals surface area (Å²) in [6, 6.07) is 5.33. The lowest BCUT2D eigenvalue weighted by Crippen LogP contribution is -2.44. The van der Waals surface area contributed by atoms with Gasteiger partial charge in [0.25, 0.3) is 0 Å². The highest BCUT2D eigenvalue weighted by atomic mass is 79.9. The van der Waals surface area contributed by atoms with Crippen molar-refractivity contribution in [3.63, 3.8) is 0 Å². The summed E-state index contributed by atoms with van der Waals surface area (Å²) in [6.45, 7) is 3.82. The van der Waals surface area contributed by atoms with Crippen molar-refractivity contribution in [2.75, 3.05) is 26.7 Å². The minimum Gasteiger partial charge on any atom is -0.376 e. The summed E-state index contributed by atoms with van der Waals surface area (Å²) in [6.07, 6.45) is -0.0686. The van der Waals surface area contributed by atoms with Crippen LogP contribution in [0, 0.1) is 0 Å². The molecule has 1 aromatic rings. The van der Waals surface area contributed by atoms with Crippen LogP contribution in [0.1, 0.15) is 12.5 Å². The lowest BCUT2D eigenvalue weighted by Gasteiger charge is -2.30. The van der Waals surface area contributed by atoms with E-state index in [1.165, 1.54) is 4.31 Å². The molecule has 0 saturated carbocycles. The minimum atomic E-state index is -3.47.